The Labute approximate surface area is 265 Å². The second-order valence-corrected chi connectivity index (χ2v) is 14.0. The number of hydrogen-bond donors (Lipinski definition) is 0. The Bertz CT molecular complexity index is 1370. The molecule has 5 heteroatoms. The smallest absolute Gasteiger partial charge is 0.227 e. The first-order valence-corrected chi connectivity index (χ1v) is 17.5. The number of amides is 1. The quantitative estimate of drug-likeness (QED) is 0.257. The summed E-state index contributed by atoms with van der Waals surface area (Å²) in [5, 5.41) is 2.66. The molecule has 3 aliphatic heterocycles. The van der Waals surface area contributed by atoms with Gasteiger partial charge in [0.15, 0.2) is 0 Å². The van der Waals surface area contributed by atoms with Crippen LogP contribution in [-0.4, -0.2) is 78.6 Å². The number of ether oxygens (including phenoxy) is 1. The maximum absolute atomic E-state index is 14.0. The van der Waals surface area contributed by atoms with E-state index in [9.17, 15) is 4.79 Å². The van der Waals surface area contributed by atoms with Crippen LogP contribution in [0, 0.1) is 0 Å². The summed E-state index contributed by atoms with van der Waals surface area (Å²) >= 11 is 0. The fraction of sp³-hybridized carbons (Fsp3) is 0.564. The Morgan fingerprint density at radius 1 is 0.864 bits per heavy atom. The van der Waals surface area contributed by atoms with Crippen LogP contribution in [0.2, 0.25) is 0 Å². The molecule has 0 aromatic heterocycles. The van der Waals surface area contributed by atoms with E-state index in [-0.39, 0.29) is 17.4 Å². The van der Waals surface area contributed by atoms with Crippen molar-refractivity contribution >= 4 is 16.7 Å². The lowest BCUT2D eigenvalue weighted by Crippen LogP contribution is -2.48. The summed E-state index contributed by atoms with van der Waals surface area (Å²) < 4.78 is 5.93. The summed E-state index contributed by atoms with van der Waals surface area (Å²) in [7, 11) is 0. The first-order valence-electron chi connectivity index (χ1n) is 17.5. The lowest BCUT2D eigenvalue weighted by Gasteiger charge is -2.42. The zero-order valence-electron chi connectivity index (χ0n) is 27.2. The fourth-order valence-electron chi connectivity index (χ4n) is 8.20. The Hall–Kier alpha value is -2.89. The summed E-state index contributed by atoms with van der Waals surface area (Å²) in [5.41, 5.74) is 2.41. The Kier molecular flexibility index (Phi) is 10.2. The van der Waals surface area contributed by atoms with Crippen LogP contribution in [0.4, 0.5) is 0 Å². The number of carbonyl (C=O) groups is 1. The van der Waals surface area contributed by atoms with Gasteiger partial charge in [-0.3, -0.25) is 4.79 Å². The van der Waals surface area contributed by atoms with Gasteiger partial charge in [-0.25, -0.2) is 0 Å². The maximum atomic E-state index is 14.0. The second kappa shape index (κ2) is 14.5. The molecule has 0 bridgehead atoms. The van der Waals surface area contributed by atoms with Gasteiger partial charge < -0.3 is 19.4 Å². The summed E-state index contributed by atoms with van der Waals surface area (Å²) in [6.45, 7) is 11.8. The van der Waals surface area contributed by atoms with Crippen molar-refractivity contribution in [1.82, 2.24) is 14.7 Å². The van der Waals surface area contributed by atoms with Crippen molar-refractivity contribution in [3.05, 3.63) is 77.9 Å². The van der Waals surface area contributed by atoms with Crippen LogP contribution >= 0.6 is 0 Å². The molecule has 0 saturated carbocycles. The van der Waals surface area contributed by atoms with Crippen molar-refractivity contribution < 1.29 is 9.53 Å². The van der Waals surface area contributed by atoms with E-state index in [1.807, 2.05) is 32.0 Å². The van der Waals surface area contributed by atoms with Gasteiger partial charge in [0.05, 0.1) is 12.5 Å². The third-order valence-corrected chi connectivity index (χ3v) is 10.5. The van der Waals surface area contributed by atoms with Crippen molar-refractivity contribution in [2.45, 2.75) is 95.6 Å². The van der Waals surface area contributed by atoms with Crippen LogP contribution in [0.1, 0.15) is 82.8 Å². The summed E-state index contributed by atoms with van der Waals surface area (Å²) in [5.74, 6) is 1.08. The number of fused-ring (bicyclic) bond motifs is 1. The number of carbonyl (C=O) groups excluding carboxylic acids is 1. The van der Waals surface area contributed by atoms with Crippen LogP contribution in [0.5, 0.6) is 5.75 Å². The molecule has 6 rings (SSSR count). The number of likely N-dealkylation sites (tertiary alicyclic amines) is 3. The van der Waals surface area contributed by atoms with E-state index in [4.69, 9.17) is 4.74 Å². The van der Waals surface area contributed by atoms with Crippen molar-refractivity contribution in [1.29, 1.82) is 0 Å². The van der Waals surface area contributed by atoms with Crippen LogP contribution in [0.3, 0.4) is 0 Å². The molecule has 44 heavy (non-hydrogen) atoms. The van der Waals surface area contributed by atoms with Crippen molar-refractivity contribution in [3.8, 4) is 5.75 Å². The summed E-state index contributed by atoms with van der Waals surface area (Å²) in [6.07, 6.45) is 11.7. The molecule has 5 nitrogen and oxygen atoms in total. The van der Waals surface area contributed by atoms with Gasteiger partial charge in [0, 0.05) is 24.5 Å². The van der Waals surface area contributed by atoms with Crippen molar-refractivity contribution in [2.75, 3.05) is 45.8 Å². The van der Waals surface area contributed by atoms with Crippen LogP contribution in [0.15, 0.2) is 66.7 Å². The number of nitrogens with zero attached hydrogens (tertiary/aromatic N) is 3. The molecule has 3 aliphatic rings. The third kappa shape index (κ3) is 7.49. The SMILES string of the molecule is CC(C)Oc1cccc(CC(=O)N2CCCC[C@](CCN3CCC(N4CCCCC4)CC3)(c3cccc4ccccc34)C2)c1. The molecule has 3 aromatic rings. The highest BCUT2D eigenvalue weighted by Crippen LogP contribution is 2.41. The minimum atomic E-state index is -0.0562. The molecule has 3 aromatic carbocycles. The standard InChI is InChI=1S/C39H53N3O2/c1-31(2)44-35-15-10-12-32(28-35)29-38(43)42-24-9-6-20-39(30-42,37-17-11-14-33-13-4-5-16-36(33)37)21-27-40-25-18-34(19-26-40)41-22-7-3-8-23-41/h4-5,10-17,28,31,34H,3,6-9,18-27,29-30H2,1-2H3/t39-/m1/s1. The third-order valence-electron chi connectivity index (χ3n) is 10.5. The van der Waals surface area contributed by atoms with E-state index >= 15 is 0 Å². The van der Waals surface area contributed by atoms with Gasteiger partial charge in [0.25, 0.3) is 0 Å². The average Bonchev–Trinajstić information content (AvgIpc) is 3.28. The predicted octanol–water partition coefficient (Wildman–Crippen LogP) is 7.46. The van der Waals surface area contributed by atoms with Crippen LogP contribution < -0.4 is 4.74 Å². The van der Waals surface area contributed by atoms with Crippen LogP contribution in [-0.2, 0) is 16.6 Å². The first-order chi connectivity index (χ1) is 21.5. The fourth-order valence-corrected chi connectivity index (χ4v) is 8.20. The normalized spacial score (nSPS) is 22.8. The molecule has 0 unspecified atom stereocenters. The Morgan fingerprint density at radius 2 is 1.61 bits per heavy atom. The van der Waals surface area contributed by atoms with Gasteiger partial charge in [0.1, 0.15) is 5.75 Å². The minimum absolute atomic E-state index is 0.0562. The van der Waals surface area contributed by atoms with E-state index in [0.717, 1.165) is 62.7 Å². The predicted molar refractivity (Wildman–Crippen MR) is 181 cm³/mol. The molecule has 0 aliphatic carbocycles. The number of rotatable bonds is 9. The summed E-state index contributed by atoms with van der Waals surface area (Å²) in [4.78, 5) is 21.7. The molecule has 0 spiro atoms. The van der Waals surface area contributed by atoms with Gasteiger partial charge in [-0.05, 0) is 126 Å². The zero-order valence-corrected chi connectivity index (χ0v) is 27.2. The highest BCUT2D eigenvalue weighted by molar-refractivity contribution is 5.87. The van der Waals surface area contributed by atoms with E-state index < -0.39 is 0 Å². The molecule has 0 radical (unpaired) electrons. The second-order valence-electron chi connectivity index (χ2n) is 14.0. The highest BCUT2D eigenvalue weighted by atomic mass is 16.5. The van der Waals surface area contributed by atoms with Crippen molar-refractivity contribution in [2.24, 2.45) is 0 Å². The zero-order chi connectivity index (χ0) is 30.4. The largest absolute Gasteiger partial charge is 0.491 e. The molecule has 1 amide bonds. The molecule has 236 valence electrons. The maximum Gasteiger partial charge on any atom is 0.227 e. The van der Waals surface area contributed by atoms with Gasteiger partial charge in [0.2, 0.25) is 5.91 Å². The lowest BCUT2D eigenvalue weighted by atomic mass is 9.72. The van der Waals surface area contributed by atoms with Gasteiger partial charge in [-0.1, -0.05) is 67.4 Å². The number of piperidine rings is 2. The minimum Gasteiger partial charge on any atom is -0.491 e. The van der Waals surface area contributed by atoms with Crippen LogP contribution in [0.25, 0.3) is 10.8 Å². The summed E-state index contributed by atoms with van der Waals surface area (Å²) in [6, 6.07) is 24.6. The van der Waals surface area contributed by atoms with E-state index in [1.165, 1.54) is 74.6 Å². The molecular formula is C39H53N3O2. The Balaban J connectivity index is 1.21. The van der Waals surface area contributed by atoms with E-state index in [0.29, 0.717) is 6.42 Å². The highest BCUT2D eigenvalue weighted by Gasteiger charge is 2.39. The molecular weight excluding hydrogens is 542 g/mol. The Morgan fingerprint density at radius 3 is 2.43 bits per heavy atom. The molecule has 3 saturated heterocycles. The number of hydrogen-bond acceptors (Lipinski definition) is 4. The van der Waals surface area contributed by atoms with Gasteiger partial charge in [-0.15, -0.1) is 0 Å². The first kappa shape index (κ1) is 31.1. The molecule has 3 fully saturated rings. The molecule has 0 N–H and O–H groups in total. The van der Waals surface area contributed by atoms with E-state index in [1.54, 1.807) is 0 Å². The average molecular weight is 596 g/mol. The van der Waals surface area contributed by atoms with E-state index in [2.05, 4.69) is 63.2 Å². The monoisotopic (exact) mass is 595 g/mol. The van der Waals surface area contributed by atoms with Gasteiger partial charge >= 0.3 is 0 Å². The van der Waals surface area contributed by atoms with Crippen molar-refractivity contribution in [3.63, 3.8) is 0 Å². The molecule has 3 heterocycles. The topological polar surface area (TPSA) is 36.0 Å². The lowest BCUT2D eigenvalue weighted by molar-refractivity contribution is -0.131. The molecule has 1 atom stereocenters. The van der Waals surface area contributed by atoms with Gasteiger partial charge in [-0.2, -0.15) is 0 Å². The number of benzene rings is 3.